The molecule has 0 N–H and O–H groups in total. The van der Waals surface area contributed by atoms with E-state index in [9.17, 15) is 0 Å². The number of rotatable bonds is 2. The molecular formula is C13H11ClN2S. The monoisotopic (exact) mass is 262 g/mol. The van der Waals surface area contributed by atoms with Crippen LogP contribution in [-0.4, -0.2) is 9.55 Å². The van der Waals surface area contributed by atoms with E-state index in [0.717, 1.165) is 22.5 Å². The van der Waals surface area contributed by atoms with Crippen molar-refractivity contribution in [1.82, 2.24) is 9.55 Å². The highest BCUT2D eigenvalue weighted by Crippen LogP contribution is 2.24. The maximum atomic E-state index is 5.98. The third-order valence-corrected chi connectivity index (χ3v) is 3.67. The van der Waals surface area contributed by atoms with Crippen molar-refractivity contribution in [3.8, 4) is 5.69 Å². The predicted octanol–water partition coefficient (Wildman–Crippen LogP) is 4.13. The van der Waals surface area contributed by atoms with Crippen LogP contribution in [0, 0.1) is 6.92 Å². The number of fused-ring (bicyclic) bond motifs is 1. The fraction of sp³-hybridized carbons (Fsp3) is 0.154. The highest BCUT2D eigenvalue weighted by atomic mass is 35.5. The summed E-state index contributed by atoms with van der Waals surface area (Å²) in [5.74, 6) is 1.31. The molecule has 0 bridgehead atoms. The number of hydrogen-bond donors (Lipinski definition) is 0. The van der Waals surface area contributed by atoms with Crippen LogP contribution in [0.5, 0.6) is 0 Å². The SMILES string of the molecule is Cc1ccc2nc(CCl)n(-c3ccsc3)c2c1. The number of benzene rings is 1. The molecule has 3 aromatic rings. The number of imidazole rings is 1. The van der Waals surface area contributed by atoms with Crippen LogP contribution in [0.25, 0.3) is 16.7 Å². The van der Waals surface area contributed by atoms with Crippen LogP contribution in [0.1, 0.15) is 11.4 Å². The Bertz CT molecular complexity index is 655. The molecule has 1 aromatic carbocycles. The number of hydrogen-bond acceptors (Lipinski definition) is 2. The third kappa shape index (κ3) is 1.75. The second kappa shape index (κ2) is 4.17. The van der Waals surface area contributed by atoms with Gasteiger partial charge in [-0.15, -0.1) is 11.6 Å². The van der Waals surface area contributed by atoms with Gasteiger partial charge in [-0.1, -0.05) is 6.07 Å². The Morgan fingerprint density at radius 3 is 2.94 bits per heavy atom. The second-order valence-corrected chi connectivity index (χ2v) is 5.02. The van der Waals surface area contributed by atoms with E-state index >= 15 is 0 Å². The van der Waals surface area contributed by atoms with Gasteiger partial charge in [0.15, 0.2) is 0 Å². The topological polar surface area (TPSA) is 17.8 Å². The van der Waals surface area contributed by atoms with E-state index in [2.05, 4.69) is 45.4 Å². The van der Waals surface area contributed by atoms with E-state index in [-0.39, 0.29) is 0 Å². The molecule has 4 heteroatoms. The van der Waals surface area contributed by atoms with Crippen LogP contribution in [0.3, 0.4) is 0 Å². The predicted molar refractivity (Wildman–Crippen MR) is 73.2 cm³/mol. The molecule has 0 radical (unpaired) electrons. The van der Waals surface area contributed by atoms with E-state index in [4.69, 9.17) is 11.6 Å². The van der Waals surface area contributed by atoms with Crippen molar-refractivity contribution in [3.63, 3.8) is 0 Å². The number of halogens is 1. The summed E-state index contributed by atoms with van der Waals surface area (Å²) in [5, 5.41) is 4.18. The number of thiophene rings is 1. The number of aromatic nitrogens is 2. The standard InChI is InChI=1S/C13H11ClN2S/c1-9-2-3-11-12(6-9)16(13(7-14)15-11)10-4-5-17-8-10/h2-6,8H,7H2,1H3. The van der Waals surface area contributed by atoms with Gasteiger partial charge in [0.1, 0.15) is 5.82 Å². The number of alkyl halides is 1. The van der Waals surface area contributed by atoms with E-state index in [1.165, 1.54) is 5.56 Å². The van der Waals surface area contributed by atoms with Crippen LogP contribution >= 0.6 is 22.9 Å². The van der Waals surface area contributed by atoms with E-state index in [1.807, 2.05) is 6.07 Å². The normalized spacial score (nSPS) is 11.2. The summed E-state index contributed by atoms with van der Waals surface area (Å²) in [5.41, 5.74) is 4.49. The zero-order valence-electron chi connectivity index (χ0n) is 9.35. The van der Waals surface area contributed by atoms with Crippen molar-refractivity contribution < 1.29 is 0 Å². The highest BCUT2D eigenvalue weighted by molar-refractivity contribution is 7.08. The van der Waals surface area contributed by atoms with Gasteiger partial charge < -0.3 is 0 Å². The molecule has 0 aliphatic rings. The Morgan fingerprint density at radius 2 is 2.24 bits per heavy atom. The minimum absolute atomic E-state index is 0.420. The van der Waals surface area contributed by atoms with Crippen molar-refractivity contribution in [2.75, 3.05) is 0 Å². The van der Waals surface area contributed by atoms with Gasteiger partial charge in [0, 0.05) is 5.38 Å². The summed E-state index contributed by atoms with van der Waals surface area (Å²) in [6, 6.07) is 8.36. The number of aryl methyl sites for hydroxylation is 1. The van der Waals surface area contributed by atoms with Crippen molar-refractivity contribution in [3.05, 3.63) is 46.4 Å². The van der Waals surface area contributed by atoms with Gasteiger partial charge in [-0.05, 0) is 36.1 Å². The lowest BCUT2D eigenvalue weighted by Gasteiger charge is -2.04. The lowest BCUT2D eigenvalue weighted by molar-refractivity contribution is 0.986. The molecule has 0 spiro atoms. The number of nitrogens with zero attached hydrogens (tertiary/aromatic N) is 2. The fourth-order valence-electron chi connectivity index (χ4n) is 2.00. The van der Waals surface area contributed by atoms with Gasteiger partial charge in [-0.2, -0.15) is 11.3 Å². The van der Waals surface area contributed by atoms with Crippen molar-refractivity contribution >= 4 is 34.0 Å². The van der Waals surface area contributed by atoms with Crippen LogP contribution < -0.4 is 0 Å². The van der Waals surface area contributed by atoms with Gasteiger partial charge in [0.25, 0.3) is 0 Å². The summed E-state index contributed by atoms with van der Waals surface area (Å²) in [6.07, 6.45) is 0. The van der Waals surface area contributed by atoms with E-state index < -0.39 is 0 Å². The van der Waals surface area contributed by atoms with Gasteiger partial charge >= 0.3 is 0 Å². The second-order valence-electron chi connectivity index (χ2n) is 3.97. The van der Waals surface area contributed by atoms with E-state index in [1.54, 1.807) is 11.3 Å². The Labute approximate surface area is 108 Å². The van der Waals surface area contributed by atoms with Gasteiger partial charge in [0.05, 0.1) is 22.6 Å². The van der Waals surface area contributed by atoms with E-state index in [0.29, 0.717) is 5.88 Å². The molecular weight excluding hydrogens is 252 g/mol. The lowest BCUT2D eigenvalue weighted by atomic mass is 10.2. The maximum absolute atomic E-state index is 5.98. The Morgan fingerprint density at radius 1 is 1.35 bits per heavy atom. The molecule has 2 nitrogen and oxygen atoms in total. The van der Waals surface area contributed by atoms with Crippen molar-refractivity contribution in [2.45, 2.75) is 12.8 Å². The van der Waals surface area contributed by atoms with Crippen molar-refractivity contribution in [1.29, 1.82) is 0 Å². The fourth-order valence-corrected chi connectivity index (χ4v) is 2.80. The van der Waals surface area contributed by atoms with Crippen LogP contribution in [0.2, 0.25) is 0 Å². The molecule has 0 aliphatic carbocycles. The molecule has 86 valence electrons. The smallest absolute Gasteiger partial charge is 0.129 e. The summed E-state index contributed by atoms with van der Waals surface area (Å²) in [6.45, 7) is 2.09. The first-order valence-electron chi connectivity index (χ1n) is 5.36. The third-order valence-electron chi connectivity index (χ3n) is 2.76. The minimum Gasteiger partial charge on any atom is -0.294 e. The first kappa shape index (κ1) is 10.8. The minimum atomic E-state index is 0.420. The molecule has 0 saturated heterocycles. The Balaban J connectivity index is 2.37. The molecule has 0 fully saturated rings. The Kier molecular flexibility index (Phi) is 2.65. The first-order chi connectivity index (χ1) is 8.29. The van der Waals surface area contributed by atoms with Crippen LogP contribution in [0.4, 0.5) is 0 Å². The van der Waals surface area contributed by atoms with Gasteiger partial charge in [-0.25, -0.2) is 4.98 Å². The molecule has 0 aliphatic heterocycles. The van der Waals surface area contributed by atoms with Crippen LogP contribution in [0.15, 0.2) is 35.0 Å². The summed E-state index contributed by atoms with van der Waals surface area (Å²) < 4.78 is 2.13. The van der Waals surface area contributed by atoms with Gasteiger partial charge in [0.2, 0.25) is 0 Å². The zero-order chi connectivity index (χ0) is 11.8. The average molecular weight is 263 g/mol. The summed E-state index contributed by atoms with van der Waals surface area (Å²) >= 11 is 7.66. The average Bonchev–Trinajstić information content (AvgIpc) is 2.93. The quantitative estimate of drug-likeness (QED) is 0.635. The first-order valence-corrected chi connectivity index (χ1v) is 6.84. The highest BCUT2D eigenvalue weighted by Gasteiger charge is 2.11. The van der Waals surface area contributed by atoms with Crippen LogP contribution in [-0.2, 0) is 5.88 Å². The summed E-state index contributed by atoms with van der Waals surface area (Å²) in [7, 11) is 0. The molecule has 0 unspecified atom stereocenters. The molecule has 3 rings (SSSR count). The molecule has 0 saturated carbocycles. The maximum Gasteiger partial charge on any atom is 0.129 e. The molecule has 2 heterocycles. The molecule has 2 aromatic heterocycles. The summed E-state index contributed by atoms with van der Waals surface area (Å²) in [4.78, 5) is 4.56. The largest absolute Gasteiger partial charge is 0.294 e. The van der Waals surface area contributed by atoms with Crippen molar-refractivity contribution in [2.24, 2.45) is 0 Å². The zero-order valence-corrected chi connectivity index (χ0v) is 10.9. The lowest BCUT2D eigenvalue weighted by Crippen LogP contribution is -1.97. The molecule has 0 atom stereocenters. The Hall–Kier alpha value is -1.32. The molecule has 17 heavy (non-hydrogen) atoms. The van der Waals surface area contributed by atoms with Gasteiger partial charge in [-0.3, -0.25) is 4.57 Å². The molecule has 0 amide bonds.